The first-order chi connectivity index (χ1) is 19.5. The van der Waals surface area contributed by atoms with Crippen molar-refractivity contribution in [2.24, 2.45) is 0 Å². The van der Waals surface area contributed by atoms with Gasteiger partial charge in [-0.25, -0.2) is 4.79 Å². The van der Waals surface area contributed by atoms with Crippen molar-refractivity contribution >= 4 is 47.0 Å². The maximum Gasteiger partial charge on any atom is 0.408 e. The van der Waals surface area contributed by atoms with Crippen LogP contribution in [0.4, 0.5) is 10.5 Å². The Balaban J connectivity index is 1.98. The number of carbonyl (C=O) groups is 3. The molecule has 0 aromatic heterocycles. The summed E-state index contributed by atoms with van der Waals surface area (Å²) in [4.78, 5) is 42.4. The Labute approximate surface area is 249 Å². The molecule has 0 saturated carbocycles. The third-order valence-corrected chi connectivity index (χ3v) is 7.01. The fourth-order valence-electron chi connectivity index (χ4n) is 4.70. The van der Waals surface area contributed by atoms with Crippen molar-refractivity contribution in [3.63, 3.8) is 0 Å². The van der Waals surface area contributed by atoms with Crippen LogP contribution in [0.25, 0.3) is 10.8 Å². The zero-order valence-electron chi connectivity index (χ0n) is 24.8. The summed E-state index contributed by atoms with van der Waals surface area (Å²) >= 11 is 4.38. The normalized spacial score (nSPS) is 12.8. The number of aryl methyl sites for hydroxylation is 1. The van der Waals surface area contributed by atoms with Crippen LogP contribution < -0.4 is 10.6 Å². The zero-order valence-corrected chi connectivity index (χ0v) is 25.7. The van der Waals surface area contributed by atoms with E-state index in [9.17, 15) is 14.4 Å². The van der Waals surface area contributed by atoms with E-state index in [1.54, 1.807) is 25.7 Å². The van der Waals surface area contributed by atoms with E-state index in [2.05, 4.69) is 30.2 Å². The van der Waals surface area contributed by atoms with Crippen molar-refractivity contribution in [1.29, 1.82) is 0 Å². The summed E-state index contributed by atoms with van der Waals surface area (Å²) in [6.07, 6.45) is 2.99. The minimum absolute atomic E-state index is 0.0520. The summed E-state index contributed by atoms with van der Waals surface area (Å²) in [7, 11) is 0. The van der Waals surface area contributed by atoms with Crippen LogP contribution in [0, 0.1) is 6.92 Å². The van der Waals surface area contributed by atoms with Gasteiger partial charge in [0.15, 0.2) is 0 Å². The molecule has 0 aliphatic carbocycles. The number of hydrogen-bond donors (Lipinski definition) is 3. The minimum Gasteiger partial charge on any atom is -0.444 e. The second-order valence-electron chi connectivity index (χ2n) is 11.3. The molecule has 0 spiro atoms. The van der Waals surface area contributed by atoms with E-state index in [0.717, 1.165) is 42.0 Å². The average molecular weight is 578 g/mol. The van der Waals surface area contributed by atoms with Crippen molar-refractivity contribution in [3.8, 4) is 0 Å². The van der Waals surface area contributed by atoms with Crippen LogP contribution in [-0.4, -0.2) is 46.7 Å². The van der Waals surface area contributed by atoms with Crippen molar-refractivity contribution in [2.45, 2.75) is 78.0 Å². The van der Waals surface area contributed by atoms with Crippen LogP contribution in [0.3, 0.4) is 0 Å². The van der Waals surface area contributed by atoms with Gasteiger partial charge < -0.3 is 20.3 Å². The Hall–Kier alpha value is -3.52. The fraction of sp³-hybridized carbons (Fsp3) is 0.424. The molecule has 2 atom stereocenters. The van der Waals surface area contributed by atoms with Crippen LogP contribution in [0.15, 0.2) is 66.7 Å². The second kappa shape index (κ2) is 14.9. The van der Waals surface area contributed by atoms with Crippen LogP contribution in [0.1, 0.15) is 70.5 Å². The predicted octanol–water partition coefficient (Wildman–Crippen LogP) is 7.06. The second-order valence-corrected chi connectivity index (χ2v) is 11.7. The highest BCUT2D eigenvalue weighted by molar-refractivity contribution is 7.80. The molecule has 2 N–H and O–H groups in total. The van der Waals surface area contributed by atoms with Gasteiger partial charge in [0.25, 0.3) is 5.91 Å². The Morgan fingerprint density at radius 2 is 1.66 bits per heavy atom. The molecule has 3 amide bonds. The number of ether oxygens (including phenoxy) is 1. The van der Waals surface area contributed by atoms with E-state index in [1.165, 1.54) is 0 Å². The van der Waals surface area contributed by atoms with Crippen LogP contribution in [0.2, 0.25) is 0 Å². The number of anilines is 1. The summed E-state index contributed by atoms with van der Waals surface area (Å²) in [6.45, 7) is 9.70. The first-order valence-corrected chi connectivity index (χ1v) is 14.9. The van der Waals surface area contributed by atoms with Crippen molar-refractivity contribution in [3.05, 3.63) is 77.9 Å². The van der Waals surface area contributed by atoms with Gasteiger partial charge in [-0.2, -0.15) is 12.6 Å². The Morgan fingerprint density at radius 3 is 2.32 bits per heavy atom. The highest BCUT2D eigenvalue weighted by Gasteiger charge is 2.35. The minimum atomic E-state index is -0.972. The number of nitrogens with zero attached hydrogens (tertiary/aromatic N) is 1. The van der Waals surface area contributed by atoms with Gasteiger partial charge in [0.05, 0.1) is 0 Å². The number of alkyl carbamates (subject to hydrolysis) is 1. The van der Waals surface area contributed by atoms with E-state index < -0.39 is 23.8 Å². The summed E-state index contributed by atoms with van der Waals surface area (Å²) < 4.78 is 5.40. The first-order valence-electron chi connectivity index (χ1n) is 14.3. The molecule has 0 aliphatic heterocycles. The number of nitrogens with one attached hydrogen (secondary N) is 2. The van der Waals surface area contributed by atoms with Crippen molar-refractivity contribution in [2.75, 3.05) is 17.6 Å². The monoisotopic (exact) mass is 577 g/mol. The van der Waals surface area contributed by atoms with Gasteiger partial charge in [0, 0.05) is 18.0 Å². The third-order valence-electron chi connectivity index (χ3n) is 6.64. The molecule has 41 heavy (non-hydrogen) atoms. The molecular formula is C33H43N3O4S. The number of carbonyl (C=O) groups excluding carboxylic acids is 3. The fourth-order valence-corrected chi connectivity index (χ4v) is 4.95. The Morgan fingerprint density at radius 1 is 0.927 bits per heavy atom. The first kappa shape index (κ1) is 32.0. The summed E-state index contributed by atoms with van der Waals surface area (Å²) in [5.74, 6) is -0.663. The van der Waals surface area contributed by atoms with Gasteiger partial charge >= 0.3 is 6.09 Å². The van der Waals surface area contributed by atoms with E-state index in [-0.39, 0.29) is 17.6 Å². The average Bonchev–Trinajstić information content (AvgIpc) is 2.92. The zero-order chi connectivity index (χ0) is 30.0. The lowest BCUT2D eigenvalue weighted by Gasteiger charge is -2.34. The van der Waals surface area contributed by atoms with Crippen molar-refractivity contribution in [1.82, 2.24) is 10.2 Å². The molecule has 0 radical (unpaired) electrons. The molecule has 7 nitrogen and oxygen atoms in total. The molecule has 0 aliphatic rings. The van der Waals surface area contributed by atoms with Crippen molar-refractivity contribution < 1.29 is 19.1 Å². The van der Waals surface area contributed by atoms with E-state index in [0.29, 0.717) is 17.8 Å². The number of hydrogen-bond acceptors (Lipinski definition) is 5. The van der Waals surface area contributed by atoms with Gasteiger partial charge in [-0.1, -0.05) is 86.3 Å². The molecule has 3 aromatic carbocycles. The number of amides is 3. The summed E-state index contributed by atoms with van der Waals surface area (Å²) in [5.41, 5.74) is 1.59. The number of rotatable bonds is 12. The number of thiol groups is 1. The van der Waals surface area contributed by atoms with Gasteiger partial charge in [-0.15, -0.1) is 0 Å². The Kier molecular flexibility index (Phi) is 11.6. The van der Waals surface area contributed by atoms with Gasteiger partial charge in [0.1, 0.15) is 17.7 Å². The van der Waals surface area contributed by atoms with E-state index in [4.69, 9.17) is 4.74 Å². The largest absolute Gasteiger partial charge is 0.444 e. The highest BCUT2D eigenvalue weighted by Crippen LogP contribution is 2.27. The van der Waals surface area contributed by atoms with Crippen LogP contribution in [-0.2, 0) is 14.3 Å². The predicted molar refractivity (Wildman–Crippen MR) is 169 cm³/mol. The molecule has 220 valence electrons. The maximum atomic E-state index is 14.1. The summed E-state index contributed by atoms with van der Waals surface area (Å²) in [5, 5.41) is 7.79. The molecule has 3 rings (SSSR count). The standard InChI is InChI=1S/C33H43N3O4S/c1-6-7-8-11-19-36(31(38)28(22-41)35-32(39)40-33(3,4)5)29(26-16-12-13-23(2)20-26)30(37)34-27-18-17-24-14-9-10-15-25(24)21-27/h9-10,12-18,20-21,28-29,41H,6-8,11,19,22H2,1-5H3,(H,34,37)(H,35,39). The lowest BCUT2D eigenvalue weighted by molar-refractivity contribution is -0.140. The molecule has 0 bridgehead atoms. The number of fused-ring (bicyclic) bond motifs is 1. The molecule has 0 fully saturated rings. The molecular weight excluding hydrogens is 534 g/mol. The maximum absolute atomic E-state index is 14.1. The van der Waals surface area contributed by atoms with Gasteiger partial charge in [0.2, 0.25) is 5.91 Å². The van der Waals surface area contributed by atoms with E-state index in [1.807, 2.05) is 73.7 Å². The van der Waals surface area contributed by atoms with Crippen LogP contribution in [0.5, 0.6) is 0 Å². The highest BCUT2D eigenvalue weighted by atomic mass is 32.1. The quantitative estimate of drug-likeness (QED) is 0.159. The smallest absolute Gasteiger partial charge is 0.408 e. The molecule has 2 unspecified atom stereocenters. The molecule has 8 heteroatoms. The van der Waals surface area contributed by atoms with Gasteiger partial charge in [-0.05, 0) is 62.6 Å². The molecule has 3 aromatic rings. The summed E-state index contributed by atoms with van der Waals surface area (Å²) in [6, 6.07) is 19.4. The molecule has 0 saturated heterocycles. The number of benzene rings is 3. The SMILES string of the molecule is CCCCCCN(C(=O)C(CS)NC(=O)OC(C)(C)C)C(C(=O)Nc1ccc2ccccc2c1)c1cccc(C)c1. The third kappa shape index (κ3) is 9.52. The Bertz CT molecular complexity index is 1340. The van der Waals surface area contributed by atoms with E-state index >= 15 is 0 Å². The lowest BCUT2D eigenvalue weighted by atomic mass is 10.00. The molecule has 0 heterocycles. The van der Waals surface area contributed by atoms with Gasteiger partial charge in [-0.3, -0.25) is 9.59 Å². The lowest BCUT2D eigenvalue weighted by Crippen LogP contribution is -2.53. The topological polar surface area (TPSA) is 87.7 Å². The number of unbranched alkanes of at least 4 members (excludes halogenated alkanes) is 3. The van der Waals surface area contributed by atoms with Crippen LogP contribution >= 0.6 is 12.6 Å².